The number of aryl methyl sites for hydroxylation is 1. The van der Waals surface area contributed by atoms with Crippen LogP contribution in [0.15, 0.2) is 48.5 Å². The zero-order valence-electron chi connectivity index (χ0n) is 14.8. The van der Waals surface area contributed by atoms with E-state index in [2.05, 4.69) is 10.1 Å². The number of benzene rings is 2. The lowest BCUT2D eigenvalue weighted by atomic mass is 10.1. The molecule has 2 rings (SSSR count). The van der Waals surface area contributed by atoms with Crippen LogP contribution in [0.1, 0.15) is 29.3 Å². The van der Waals surface area contributed by atoms with Crippen molar-refractivity contribution in [2.24, 2.45) is 0 Å². The maximum atomic E-state index is 11.9. The summed E-state index contributed by atoms with van der Waals surface area (Å²) in [6.45, 7) is 1.44. The SMILES string of the molecule is COC(=O)c1ccc(NC(=O)COc2ccc(CCC(C)=O)cc2)cc1. The van der Waals surface area contributed by atoms with Crippen molar-refractivity contribution in [2.75, 3.05) is 19.0 Å². The summed E-state index contributed by atoms with van der Waals surface area (Å²) in [6.07, 6.45) is 1.20. The summed E-state index contributed by atoms with van der Waals surface area (Å²) in [7, 11) is 1.31. The molecule has 0 aromatic heterocycles. The first-order valence-electron chi connectivity index (χ1n) is 8.17. The zero-order chi connectivity index (χ0) is 18.9. The summed E-state index contributed by atoms with van der Waals surface area (Å²) >= 11 is 0. The average molecular weight is 355 g/mol. The van der Waals surface area contributed by atoms with Gasteiger partial charge in [0.25, 0.3) is 5.91 Å². The van der Waals surface area contributed by atoms with Crippen LogP contribution in [0.5, 0.6) is 5.75 Å². The molecule has 0 aliphatic rings. The molecule has 6 heteroatoms. The van der Waals surface area contributed by atoms with E-state index < -0.39 is 5.97 Å². The molecular formula is C20H21NO5. The van der Waals surface area contributed by atoms with Crippen LogP contribution in [0.25, 0.3) is 0 Å². The molecule has 6 nitrogen and oxygen atoms in total. The Kier molecular flexibility index (Phi) is 6.91. The van der Waals surface area contributed by atoms with Gasteiger partial charge in [-0.25, -0.2) is 4.79 Å². The number of anilines is 1. The van der Waals surface area contributed by atoms with Gasteiger partial charge in [-0.05, 0) is 55.3 Å². The molecule has 0 saturated heterocycles. The van der Waals surface area contributed by atoms with E-state index in [1.807, 2.05) is 12.1 Å². The highest BCUT2D eigenvalue weighted by atomic mass is 16.5. The van der Waals surface area contributed by atoms with Crippen molar-refractivity contribution in [2.45, 2.75) is 19.8 Å². The van der Waals surface area contributed by atoms with E-state index in [0.29, 0.717) is 29.8 Å². The lowest BCUT2D eigenvalue weighted by molar-refractivity contribution is -0.118. The summed E-state index contributed by atoms with van der Waals surface area (Å²) in [4.78, 5) is 34.3. The van der Waals surface area contributed by atoms with Crippen molar-refractivity contribution in [1.29, 1.82) is 0 Å². The first-order valence-corrected chi connectivity index (χ1v) is 8.17. The number of carbonyl (C=O) groups is 3. The molecular weight excluding hydrogens is 334 g/mol. The van der Waals surface area contributed by atoms with Gasteiger partial charge in [0.2, 0.25) is 0 Å². The number of ether oxygens (including phenoxy) is 2. The Labute approximate surface area is 152 Å². The van der Waals surface area contributed by atoms with Gasteiger partial charge < -0.3 is 19.6 Å². The number of carbonyl (C=O) groups excluding carboxylic acids is 3. The predicted octanol–water partition coefficient (Wildman–Crippen LogP) is 3.01. The average Bonchev–Trinajstić information content (AvgIpc) is 2.65. The van der Waals surface area contributed by atoms with E-state index in [-0.39, 0.29) is 18.3 Å². The summed E-state index contributed by atoms with van der Waals surface area (Å²) in [5.41, 5.74) is 2.01. The minimum atomic E-state index is -0.432. The van der Waals surface area contributed by atoms with Crippen molar-refractivity contribution in [1.82, 2.24) is 0 Å². The first kappa shape index (κ1) is 19.2. The Morgan fingerprint density at radius 3 is 2.19 bits per heavy atom. The molecule has 2 aromatic carbocycles. The Morgan fingerprint density at radius 1 is 0.962 bits per heavy atom. The van der Waals surface area contributed by atoms with Crippen molar-refractivity contribution in [3.63, 3.8) is 0 Å². The van der Waals surface area contributed by atoms with Gasteiger partial charge in [-0.15, -0.1) is 0 Å². The number of methoxy groups -OCH3 is 1. The van der Waals surface area contributed by atoms with Crippen molar-refractivity contribution in [3.05, 3.63) is 59.7 Å². The molecule has 26 heavy (non-hydrogen) atoms. The third kappa shape index (κ3) is 6.05. The zero-order valence-corrected chi connectivity index (χ0v) is 14.8. The topological polar surface area (TPSA) is 81.7 Å². The highest BCUT2D eigenvalue weighted by Crippen LogP contribution is 2.14. The Balaban J connectivity index is 1.81. The molecule has 2 aromatic rings. The first-order chi connectivity index (χ1) is 12.5. The predicted molar refractivity (Wildman–Crippen MR) is 97.4 cm³/mol. The second kappa shape index (κ2) is 9.36. The lowest BCUT2D eigenvalue weighted by Crippen LogP contribution is -2.20. The molecule has 0 atom stereocenters. The highest BCUT2D eigenvalue weighted by molar-refractivity contribution is 5.93. The number of nitrogens with one attached hydrogen (secondary N) is 1. The van der Waals surface area contributed by atoms with Crippen molar-refractivity contribution in [3.8, 4) is 5.75 Å². The largest absolute Gasteiger partial charge is 0.484 e. The summed E-state index contributed by atoms with van der Waals surface area (Å²) in [5, 5.41) is 2.69. The molecule has 1 amide bonds. The highest BCUT2D eigenvalue weighted by Gasteiger charge is 2.07. The van der Waals surface area contributed by atoms with E-state index in [1.165, 1.54) is 7.11 Å². The molecule has 0 aliphatic heterocycles. The third-order valence-electron chi connectivity index (χ3n) is 3.65. The van der Waals surface area contributed by atoms with Crippen LogP contribution in [0.3, 0.4) is 0 Å². The number of amides is 1. The monoisotopic (exact) mass is 355 g/mol. The van der Waals surface area contributed by atoms with Gasteiger partial charge in [0.1, 0.15) is 11.5 Å². The van der Waals surface area contributed by atoms with Crippen LogP contribution in [-0.4, -0.2) is 31.4 Å². The van der Waals surface area contributed by atoms with Crippen molar-refractivity contribution < 1.29 is 23.9 Å². The summed E-state index contributed by atoms with van der Waals surface area (Å²) in [5.74, 6) is -0.0104. The van der Waals surface area contributed by atoms with Gasteiger partial charge in [0, 0.05) is 12.1 Å². The molecule has 0 saturated carbocycles. The molecule has 0 unspecified atom stereocenters. The summed E-state index contributed by atoms with van der Waals surface area (Å²) < 4.78 is 10.1. The van der Waals surface area contributed by atoms with Crippen LogP contribution in [0.4, 0.5) is 5.69 Å². The Hall–Kier alpha value is -3.15. The number of rotatable bonds is 8. The van der Waals surface area contributed by atoms with E-state index in [4.69, 9.17) is 4.74 Å². The van der Waals surface area contributed by atoms with E-state index in [0.717, 1.165) is 5.56 Å². The minimum absolute atomic E-state index is 0.133. The Morgan fingerprint density at radius 2 is 1.62 bits per heavy atom. The second-order valence-electron chi connectivity index (χ2n) is 5.75. The second-order valence-corrected chi connectivity index (χ2v) is 5.75. The van der Waals surface area contributed by atoms with Crippen LogP contribution in [0.2, 0.25) is 0 Å². The molecule has 1 N–H and O–H groups in total. The number of ketones is 1. The maximum Gasteiger partial charge on any atom is 0.337 e. The van der Waals surface area contributed by atoms with Gasteiger partial charge in [-0.1, -0.05) is 12.1 Å². The molecule has 0 radical (unpaired) electrons. The van der Waals surface area contributed by atoms with E-state index in [9.17, 15) is 14.4 Å². The van der Waals surface area contributed by atoms with Crippen LogP contribution in [0, 0.1) is 0 Å². The van der Waals surface area contributed by atoms with Crippen LogP contribution < -0.4 is 10.1 Å². The number of hydrogen-bond acceptors (Lipinski definition) is 5. The lowest BCUT2D eigenvalue weighted by Gasteiger charge is -2.08. The number of esters is 1. The molecule has 0 bridgehead atoms. The van der Waals surface area contributed by atoms with E-state index >= 15 is 0 Å². The molecule has 0 spiro atoms. The fourth-order valence-corrected chi connectivity index (χ4v) is 2.23. The molecule has 0 aliphatic carbocycles. The minimum Gasteiger partial charge on any atom is -0.484 e. The molecule has 0 heterocycles. The van der Waals surface area contributed by atoms with Gasteiger partial charge >= 0.3 is 5.97 Å². The van der Waals surface area contributed by atoms with Crippen LogP contribution >= 0.6 is 0 Å². The normalized spacial score (nSPS) is 10.1. The van der Waals surface area contributed by atoms with Gasteiger partial charge in [0.05, 0.1) is 12.7 Å². The number of Topliss-reactive ketones (excluding diaryl/α,β-unsaturated/α-hetero) is 1. The molecule has 0 fully saturated rings. The standard InChI is InChI=1S/C20H21NO5/c1-14(22)3-4-15-5-11-18(12-6-15)26-13-19(23)21-17-9-7-16(8-10-17)20(24)25-2/h5-12H,3-4,13H2,1-2H3,(H,21,23). The fourth-order valence-electron chi connectivity index (χ4n) is 2.23. The number of hydrogen-bond donors (Lipinski definition) is 1. The maximum absolute atomic E-state index is 11.9. The quantitative estimate of drug-likeness (QED) is 0.736. The van der Waals surface area contributed by atoms with Gasteiger partial charge in [-0.2, -0.15) is 0 Å². The Bertz CT molecular complexity index is 766. The fraction of sp³-hybridized carbons (Fsp3) is 0.250. The third-order valence-corrected chi connectivity index (χ3v) is 3.65. The molecule has 136 valence electrons. The van der Waals surface area contributed by atoms with E-state index in [1.54, 1.807) is 43.3 Å². The van der Waals surface area contributed by atoms with Gasteiger partial charge in [0.15, 0.2) is 6.61 Å². The smallest absolute Gasteiger partial charge is 0.337 e. The van der Waals surface area contributed by atoms with Crippen LogP contribution in [-0.2, 0) is 20.7 Å². The summed E-state index contributed by atoms with van der Waals surface area (Å²) in [6, 6.07) is 13.7. The van der Waals surface area contributed by atoms with Crippen molar-refractivity contribution >= 4 is 23.3 Å². The van der Waals surface area contributed by atoms with Gasteiger partial charge in [-0.3, -0.25) is 4.79 Å².